The van der Waals surface area contributed by atoms with Crippen molar-refractivity contribution in [3.05, 3.63) is 28.6 Å². The molecule has 4 N–H and O–H groups in total. The van der Waals surface area contributed by atoms with Gasteiger partial charge in [-0.3, -0.25) is 33.8 Å². The number of carbonyl (C=O) groups is 5. The predicted molar refractivity (Wildman–Crippen MR) is 128 cm³/mol. The van der Waals surface area contributed by atoms with Crippen LogP contribution in [0.25, 0.3) is 0 Å². The molecule has 10 nitrogen and oxygen atoms in total. The molecular formula is C26H31F2N3O7. The average Bonchev–Trinajstić information content (AvgIpc) is 2.83. The molecule has 6 atom stereocenters. The summed E-state index contributed by atoms with van der Waals surface area (Å²) in [7, 11) is 2.96. The molecule has 0 aromatic heterocycles. The van der Waals surface area contributed by atoms with Gasteiger partial charge in [0.05, 0.1) is 17.5 Å². The zero-order valence-corrected chi connectivity index (χ0v) is 21.4. The van der Waals surface area contributed by atoms with Gasteiger partial charge >= 0.3 is 0 Å². The molecule has 12 heteroatoms. The molecule has 0 bridgehead atoms. The summed E-state index contributed by atoms with van der Waals surface area (Å²) >= 11 is 0. The number of rotatable bonds is 7. The zero-order valence-electron chi connectivity index (χ0n) is 21.4. The summed E-state index contributed by atoms with van der Waals surface area (Å²) in [6, 6.07) is -0.173. The smallest absolute Gasteiger partial charge is 0.235 e. The van der Waals surface area contributed by atoms with Crippen LogP contribution in [0.1, 0.15) is 34.8 Å². The number of likely N-dealkylation sites (N-methyl/N-ethyl adjacent to an activating group) is 1. The fraction of sp³-hybridized carbons (Fsp3) is 0.577. The number of hydrogen-bond acceptors (Lipinski definition) is 9. The number of fused-ring (bicyclic) bond motifs is 3. The summed E-state index contributed by atoms with van der Waals surface area (Å²) in [6.07, 6.45) is -0.342. The minimum atomic E-state index is -2.83. The SMILES string of the molecule is CCN(CCF)Cc1cc(O)c2c(c1F)C[C@H]1C[C@H]3[C@H](N(C)C)C(=O)C(C(N)=O)C(=O)[C@@]3(O)C(=O)C1C2=O. The molecular weight excluding hydrogens is 504 g/mol. The van der Waals surface area contributed by atoms with Crippen LogP contribution < -0.4 is 5.73 Å². The maximum absolute atomic E-state index is 15.7. The lowest BCUT2D eigenvalue weighted by Crippen LogP contribution is -2.74. The number of nitrogens with zero attached hydrogens (tertiary/aromatic N) is 2. The molecule has 0 radical (unpaired) electrons. The maximum Gasteiger partial charge on any atom is 0.235 e. The molecule has 2 saturated carbocycles. The quantitative estimate of drug-likeness (QED) is 0.402. The Labute approximate surface area is 217 Å². The van der Waals surface area contributed by atoms with Gasteiger partial charge in [0.1, 0.15) is 18.2 Å². The Morgan fingerprint density at radius 2 is 1.87 bits per heavy atom. The van der Waals surface area contributed by atoms with Crippen molar-refractivity contribution < 1.29 is 43.0 Å². The van der Waals surface area contributed by atoms with E-state index in [1.807, 2.05) is 0 Å². The third-order valence-electron chi connectivity index (χ3n) is 8.31. The zero-order chi connectivity index (χ0) is 28.3. The number of carbonyl (C=O) groups excluding carboxylic acids is 5. The lowest BCUT2D eigenvalue weighted by molar-refractivity contribution is -0.181. The van der Waals surface area contributed by atoms with Gasteiger partial charge in [0.15, 0.2) is 34.7 Å². The van der Waals surface area contributed by atoms with Crippen molar-refractivity contribution in [3.63, 3.8) is 0 Å². The Morgan fingerprint density at radius 3 is 2.42 bits per heavy atom. The normalized spacial score (nSPS) is 30.9. The van der Waals surface area contributed by atoms with E-state index in [0.717, 1.165) is 6.07 Å². The molecule has 206 valence electrons. The van der Waals surface area contributed by atoms with E-state index >= 15 is 4.39 Å². The van der Waals surface area contributed by atoms with Crippen LogP contribution in [0.2, 0.25) is 0 Å². The first-order valence-electron chi connectivity index (χ1n) is 12.5. The van der Waals surface area contributed by atoms with Crippen LogP contribution in [-0.2, 0) is 32.1 Å². The lowest BCUT2D eigenvalue weighted by atomic mass is 9.52. The minimum absolute atomic E-state index is 0.0170. The van der Waals surface area contributed by atoms with E-state index in [2.05, 4.69) is 0 Å². The van der Waals surface area contributed by atoms with E-state index < -0.39 is 88.2 Å². The van der Waals surface area contributed by atoms with E-state index in [-0.39, 0.29) is 37.1 Å². The molecule has 0 heterocycles. The van der Waals surface area contributed by atoms with Crippen molar-refractivity contribution in [2.45, 2.75) is 38.0 Å². The maximum atomic E-state index is 15.7. The van der Waals surface area contributed by atoms with Crippen molar-refractivity contribution in [1.29, 1.82) is 0 Å². The number of Topliss-reactive ketones (excluding diaryl/α,β-unsaturated/α-hetero) is 4. The molecule has 0 spiro atoms. The van der Waals surface area contributed by atoms with E-state index in [0.29, 0.717) is 6.54 Å². The van der Waals surface area contributed by atoms with Crippen LogP contribution in [0.4, 0.5) is 8.78 Å². The number of nitrogens with two attached hydrogens (primary N) is 1. The van der Waals surface area contributed by atoms with Crippen molar-refractivity contribution in [3.8, 4) is 5.75 Å². The van der Waals surface area contributed by atoms with Crippen LogP contribution in [0.15, 0.2) is 6.07 Å². The Kier molecular flexibility index (Phi) is 7.28. The molecule has 38 heavy (non-hydrogen) atoms. The molecule has 0 saturated heterocycles. The molecule has 4 rings (SSSR count). The molecule has 1 aromatic carbocycles. The van der Waals surface area contributed by atoms with Crippen molar-refractivity contribution in [1.82, 2.24) is 9.80 Å². The van der Waals surface area contributed by atoms with Crippen LogP contribution in [0, 0.1) is 29.5 Å². The molecule has 3 aliphatic carbocycles. The second-order valence-electron chi connectivity index (χ2n) is 10.6. The van der Waals surface area contributed by atoms with Gasteiger partial charge in [-0.25, -0.2) is 8.78 Å². The number of aromatic hydroxyl groups is 1. The Bertz CT molecular complexity index is 1240. The number of aliphatic hydroxyl groups is 1. The van der Waals surface area contributed by atoms with E-state index in [4.69, 9.17) is 5.73 Å². The number of ketones is 4. The molecule has 0 aliphatic heterocycles. The fourth-order valence-electron chi connectivity index (χ4n) is 6.53. The molecule has 1 amide bonds. The molecule has 2 unspecified atom stereocenters. The van der Waals surface area contributed by atoms with E-state index in [1.165, 1.54) is 19.0 Å². The second-order valence-corrected chi connectivity index (χ2v) is 10.6. The third kappa shape index (κ3) is 3.97. The second kappa shape index (κ2) is 9.90. The Balaban J connectivity index is 1.81. The first-order chi connectivity index (χ1) is 17.8. The van der Waals surface area contributed by atoms with Gasteiger partial charge in [-0.2, -0.15) is 0 Å². The number of benzene rings is 1. The van der Waals surface area contributed by atoms with Crippen LogP contribution >= 0.6 is 0 Å². The highest BCUT2D eigenvalue weighted by Crippen LogP contribution is 2.51. The molecule has 1 aromatic rings. The van der Waals surface area contributed by atoms with Gasteiger partial charge in [0, 0.05) is 30.1 Å². The number of hydrogen-bond donors (Lipinski definition) is 3. The van der Waals surface area contributed by atoms with Crippen LogP contribution in [0.5, 0.6) is 5.75 Å². The van der Waals surface area contributed by atoms with Gasteiger partial charge in [-0.1, -0.05) is 6.92 Å². The highest BCUT2D eigenvalue weighted by Gasteiger charge is 2.69. The number of phenolic OH excluding ortho intramolecular Hbond substituents is 1. The van der Waals surface area contributed by atoms with Crippen LogP contribution in [0.3, 0.4) is 0 Å². The first-order valence-corrected chi connectivity index (χ1v) is 12.5. The fourth-order valence-corrected chi connectivity index (χ4v) is 6.53. The highest BCUT2D eigenvalue weighted by molar-refractivity contribution is 6.32. The van der Waals surface area contributed by atoms with Crippen LogP contribution in [-0.4, -0.2) is 94.6 Å². The van der Waals surface area contributed by atoms with Crippen molar-refractivity contribution in [2.24, 2.45) is 29.4 Å². The summed E-state index contributed by atoms with van der Waals surface area (Å²) in [5, 5.41) is 22.2. The summed E-state index contributed by atoms with van der Waals surface area (Å²) in [5.41, 5.74) is 1.99. The number of primary amides is 1. The summed E-state index contributed by atoms with van der Waals surface area (Å²) < 4.78 is 28.6. The number of halogens is 2. The predicted octanol–water partition coefficient (Wildman–Crippen LogP) is -0.202. The molecule has 3 aliphatic rings. The largest absolute Gasteiger partial charge is 0.507 e. The van der Waals surface area contributed by atoms with Gasteiger partial charge in [0.25, 0.3) is 0 Å². The highest BCUT2D eigenvalue weighted by atomic mass is 19.1. The van der Waals surface area contributed by atoms with Gasteiger partial charge in [0.2, 0.25) is 5.91 Å². The number of alkyl halides is 1. The lowest BCUT2D eigenvalue weighted by Gasteiger charge is -2.52. The van der Waals surface area contributed by atoms with Gasteiger partial charge < -0.3 is 15.9 Å². The Hall–Kier alpha value is -3.09. The Morgan fingerprint density at radius 1 is 1.21 bits per heavy atom. The minimum Gasteiger partial charge on any atom is -0.507 e. The average molecular weight is 536 g/mol. The van der Waals surface area contributed by atoms with Gasteiger partial charge in [-0.05, 0) is 45.5 Å². The summed E-state index contributed by atoms with van der Waals surface area (Å²) in [6.45, 7) is 1.57. The van der Waals surface area contributed by atoms with E-state index in [1.54, 1.807) is 11.8 Å². The van der Waals surface area contributed by atoms with Crippen molar-refractivity contribution in [2.75, 3.05) is 33.9 Å². The summed E-state index contributed by atoms with van der Waals surface area (Å²) in [4.78, 5) is 68.6. The summed E-state index contributed by atoms with van der Waals surface area (Å²) in [5.74, 6) is -12.8. The van der Waals surface area contributed by atoms with Crippen molar-refractivity contribution >= 4 is 29.0 Å². The first kappa shape index (κ1) is 27.9. The standard InChI is InChI=1S/C26H31F2N3O7/c1-4-31(6-5-27)10-12-9-15(32)17-13(19(12)28)7-11-8-14-20(30(2)3)22(34)18(25(29)37)24(36)26(14,38)23(35)16(11)21(17)33/h9,11,14,16,18,20,32,38H,4-8,10H2,1-3H3,(H2,29,37)/t11-,14-,16?,18?,20-,26-/m0/s1. The van der Waals surface area contributed by atoms with Gasteiger partial charge in [-0.15, -0.1) is 0 Å². The number of phenols is 1. The van der Waals surface area contributed by atoms with E-state index in [9.17, 15) is 38.6 Å². The molecule has 2 fully saturated rings. The monoisotopic (exact) mass is 535 g/mol. The topological polar surface area (TPSA) is 158 Å². The third-order valence-corrected chi connectivity index (χ3v) is 8.31. The number of amides is 1.